The molecule has 0 unspecified atom stereocenters. The SMILES string of the molecule is Cc1cc(CNS(=O)(=O)CC2CCNCC2)n[nH]1. The van der Waals surface area contributed by atoms with Gasteiger partial charge in [-0.05, 0) is 44.8 Å². The van der Waals surface area contributed by atoms with Crippen LogP contribution in [0.1, 0.15) is 24.2 Å². The zero-order valence-corrected chi connectivity index (χ0v) is 11.4. The number of piperidine rings is 1. The highest BCUT2D eigenvalue weighted by atomic mass is 32.2. The Morgan fingerprint density at radius 2 is 2.17 bits per heavy atom. The lowest BCUT2D eigenvalue weighted by molar-refractivity contribution is 0.400. The molecule has 1 aliphatic heterocycles. The quantitative estimate of drug-likeness (QED) is 0.711. The van der Waals surface area contributed by atoms with Crippen molar-refractivity contribution in [1.29, 1.82) is 0 Å². The van der Waals surface area contributed by atoms with E-state index in [0.717, 1.165) is 37.3 Å². The summed E-state index contributed by atoms with van der Waals surface area (Å²) >= 11 is 0. The summed E-state index contributed by atoms with van der Waals surface area (Å²) in [6.45, 7) is 3.98. The first kappa shape index (κ1) is 13.5. The molecule has 7 heteroatoms. The number of H-pyrrole nitrogens is 1. The molecule has 0 bridgehead atoms. The van der Waals surface area contributed by atoms with Crippen LogP contribution < -0.4 is 10.0 Å². The highest BCUT2D eigenvalue weighted by Crippen LogP contribution is 2.13. The van der Waals surface area contributed by atoms with Gasteiger partial charge in [-0.25, -0.2) is 13.1 Å². The van der Waals surface area contributed by atoms with Gasteiger partial charge >= 0.3 is 0 Å². The Morgan fingerprint density at radius 1 is 1.44 bits per heavy atom. The number of hydrogen-bond donors (Lipinski definition) is 3. The van der Waals surface area contributed by atoms with Crippen molar-refractivity contribution in [2.75, 3.05) is 18.8 Å². The van der Waals surface area contributed by atoms with Crippen molar-refractivity contribution in [1.82, 2.24) is 20.2 Å². The van der Waals surface area contributed by atoms with Crippen LogP contribution in [0.25, 0.3) is 0 Å². The van der Waals surface area contributed by atoms with Gasteiger partial charge in [0.1, 0.15) is 0 Å². The smallest absolute Gasteiger partial charge is 0.212 e. The Labute approximate surface area is 108 Å². The third-order valence-corrected chi connectivity index (χ3v) is 4.64. The first-order valence-corrected chi connectivity index (χ1v) is 7.89. The number of sulfonamides is 1. The Kier molecular flexibility index (Phi) is 4.36. The van der Waals surface area contributed by atoms with Crippen LogP contribution in [0.4, 0.5) is 0 Å². The Morgan fingerprint density at radius 3 is 2.78 bits per heavy atom. The van der Waals surface area contributed by atoms with Gasteiger partial charge in [-0.3, -0.25) is 5.10 Å². The number of aromatic nitrogens is 2. The van der Waals surface area contributed by atoms with Gasteiger partial charge in [-0.2, -0.15) is 5.10 Å². The van der Waals surface area contributed by atoms with E-state index in [0.29, 0.717) is 0 Å². The highest BCUT2D eigenvalue weighted by Gasteiger charge is 2.21. The van der Waals surface area contributed by atoms with Crippen molar-refractivity contribution in [3.05, 3.63) is 17.5 Å². The molecule has 0 atom stereocenters. The van der Waals surface area contributed by atoms with Crippen LogP contribution in [0.2, 0.25) is 0 Å². The molecule has 0 spiro atoms. The number of nitrogens with zero attached hydrogens (tertiary/aromatic N) is 1. The number of rotatable bonds is 5. The predicted octanol–water partition coefficient (Wildman–Crippen LogP) is 0.137. The molecule has 1 aromatic rings. The van der Waals surface area contributed by atoms with Crippen LogP contribution in [0.15, 0.2) is 6.07 Å². The first-order valence-electron chi connectivity index (χ1n) is 6.24. The van der Waals surface area contributed by atoms with Gasteiger partial charge in [-0.15, -0.1) is 0 Å². The lowest BCUT2D eigenvalue weighted by Crippen LogP contribution is -2.35. The maximum absolute atomic E-state index is 11.9. The minimum atomic E-state index is -3.20. The third-order valence-electron chi connectivity index (χ3n) is 3.15. The predicted molar refractivity (Wildman–Crippen MR) is 69.5 cm³/mol. The molecule has 102 valence electrons. The second-order valence-electron chi connectivity index (χ2n) is 4.84. The lowest BCUT2D eigenvalue weighted by Gasteiger charge is -2.22. The maximum Gasteiger partial charge on any atom is 0.212 e. The summed E-state index contributed by atoms with van der Waals surface area (Å²) in [6, 6.07) is 1.84. The van der Waals surface area contributed by atoms with Crippen molar-refractivity contribution in [3.8, 4) is 0 Å². The van der Waals surface area contributed by atoms with E-state index in [1.807, 2.05) is 13.0 Å². The van der Waals surface area contributed by atoms with Crippen molar-refractivity contribution in [3.63, 3.8) is 0 Å². The third kappa shape index (κ3) is 4.08. The summed E-state index contributed by atoms with van der Waals surface area (Å²) in [5.41, 5.74) is 1.66. The summed E-state index contributed by atoms with van der Waals surface area (Å²) in [7, 11) is -3.20. The summed E-state index contributed by atoms with van der Waals surface area (Å²) in [5, 5.41) is 10.0. The summed E-state index contributed by atoms with van der Waals surface area (Å²) in [4.78, 5) is 0. The fourth-order valence-electron chi connectivity index (χ4n) is 2.17. The van der Waals surface area contributed by atoms with Crippen LogP contribution in [-0.2, 0) is 16.6 Å². The van der Waals surface area contributed by atoms with Gasteiger partial charge in [0.25, 0.3) is 0 Å². The van der Waals surface area contributed by atoms with E-state index in [9.17, 15) is 8.42 Å². The molecule has 0 saturated carbocycles. The molecule has 18 heavy (non-hydrogen) atoms. The maximum atomic E-state index is 11.9. The van der Waals surface area contributed by atoms with Crippen LogP contribution in [-0.4, -0.2) is 37.5 Å². The van der Waals surface area contributed by atoms with E-state index in [1.54, 1.807) is 0 Å². The van der Waals surface area contributed by atoms with Crippen LogP contribution in [0.5, 0.6) is 0 Å². The highest BCUT2D eigenvalue weighted by molar-refractivity contribution is 7.89. The number of nitrogens with one attached hydrogen (secondary N) is 3. The molecule has 2 rings (SSSR count). The van der Waals surface area contributed by atoms with Crippen molar-refractivity contribution in [2.45, 2.75) is 26.3 Å². The summed E-state index contributed by atoms with van der Waals surface area (Å²) < 4.78 is 26.4. The normalized spacial score (nSPS) is 18.1. The Balaban J connectivity index is 1.83. The zero-order chi connectivity index (χ0) is 13.0. The fourth-order valence-corrected chi connectivity index (χ4v) is 3.61. The molecule has 0 radical (unpaired) electrons. The molecule has 2 heterocycles. The fraction of sp³-hybridized carbons (Fsp3) is 0.727. The average molecular weight is 272 g/mol. The zero-order valence-electron chi connectivity index (χ0n) is 10.6. The molecule has 1 aromatic heterocycles. The van der Waals surface area contributed by atoms with Crippen molar-refractivity contribution in [2.24, 2.45) is 5.92 Å². The molecule has 1 aliphatic rings. The van der Waals surface area contributed by atoms with E-state index < -0.39 is 10.0 Å². The van der Waals surface area contributed by atoms with E-state index in [-0.39, 0.29) is 18.2 Å². The first-order chi connectivity index (χ1) is 8.55. The van der Waals surface area contributed by atoms with Crippen LogP contribution in [0.3, 0.4) is 0 Å². The monoisotopic (exact) mass is 272 g/mol. The van der Waals surface area contributed by atoms with Crippen molar-refractivity contribution < 1.29 is 8.42 Å². The second-order valence-corrected chi connectivity index (χ2v) is 6.69. The standard InChI is InChI=1S/C11H20N4O2S/c1-9-6-11(15-14-9)7-13-18(16,17)8-10-2-4-12-5-3-10/h6,10,12-13H,2-5,7-8H2,1H3,(H,14,15). The topological polar surface area (TPSA) is 86.9 Å². The molecular weight excluding hydrogens is 252 g/mol. The summed E-state index contributed by atoms with van der Waals surface area (Å²) in [5.74, 6) is 0.489. The molecule has 1 saturated heterocycles. The van der Waals surface area contributed by atoms with Gasteiger partial charge in [0.2, 0.25) is 10.0 Å². The number of aromatic amines is 1. The summed E-state index contributed by atoms with van der Waals surface area (Å²) in [6.07, 6.45) is 1.87. The van der Waals surface area contributed by atoms with Crippen LogP contribution >= 0.6 is 0 Å². The minimum Gasteiger partial charge on any atom is -0.317 e. The van der Waals surface area contributed by atoms with E-state index in [4.69, 9.17) is 0 Å². The lowest BCUT2D eigenvalue weighted by atomic mass is 10.0. The van der Waals surface area contributed by atoms with Gasteiger partial charge in [0, 0.05) is 5.69 Å². The molecule has 6 nitrogen and oxygen atoms in total. The molecule has 0 amide bonds. The van der Waals surface area contributed by atoms with E-state index >= 15 is 0 Å². The Hall–Kier alpha value is -0.920. The number of aryl methyl sites for hydroxylation is 1. The van der Waals surface area contributed by atoms with Gasteiger partial charge in [0.15, 0.2) is 0 Å². The largest absolute Gasteiger partial charge is 0.317 e. The van der Waals surface area contributed by atoms with Gasteiger partial charge in [0.05, 0.1) is 18.0 Å². The van der Waals surface area contributed by atoms with E-state index in [1.165, 1.54) is 0 Å². The number of hydrogen-bond acceptors (Lipinski definition) is 4. The van der Waals surface area contributed by atoms with Crippen molar-refractivity contribution >= 4 is 10.0 Å². The van der Waals surface area contributed by atoms with E-state index in [2.05, 4.69) is 20.2 Å². The van der Waals surface area contributed by atoms with Gasteiger partial charge < -0.3 is 5.32 Å². The molecule has 3 N–H and O–H groups in total. The van der Waals surface area contributed by atoms with Gasteiger partial charge in [-0.1, -0.05) is 0 Å². The molecule has 0 aromatic carbocycles. The average Bonchev–Trinajstić information content (AvgIpc) is 2.74. The minimum absolute atomic E-state index is 0.220. The van der Waals surface area contributed by atoms with Crippen LogP contribution in [0, 0.1) is 12.8 Å². The second kappa shape index (κ2) is 5.81. The molecular formula is C11H20N4O2S. The molecule has 1 fully saturated rings. The Bertz CT molecular complexity index is 477. The molecule has 0 aliphatic carbocycles.